The van der Waals surface area contributed by atoms with Gasteiger partial charge in [-0.25, -0.2) is 4.99 Å². The quantitative estimate of drug-likeness (QED) is 0.599. The monoisotopic (exact) mass is 507 g/mol. The van der Waals surface area contributed by atoms with Crippen LogP contribution in [0.4, 0.5) is 11.4 Å². The first-order valence-corrected chi connectivity index (χ1v) is 11.3. The summed E-state index contributed by atoms with van der Waals surface area (Å²) in [5, 5.41) is 10.6. The molecule has 1 amide bonds. The summed E-state index contributed by atoms with van der Waals surface area (Å²) in [5.74, 6) is -0.159. The van der Waals surface area contributed by atoms with Crippen molar-refractivity contribution in [3.63, 3.8) is 0 Å². The molecule has 2 aromatic carbocycles. The lowest BCUT2D eigenvalue weighted by Gasteiger charge is -2.28. The number of anilines is 1. The number of carbonyl (C=O) groups is 1. The number of hydrogen-bond donors (Lipinski definition) is 1. The van der Waals surface area contributed by atoms with Crippen molar-refractivity contribution < 1.29 is 14.6 Å². The number of amides is 1. The summed E-state index contributed by atoms with van der Waals surface area (Å²) >= 11 is 10.6. The lowest BCUT2D eigenvalue weighted by molar-refractivity contribution is -0.121. The molecule has 30 heavy (non-hydrogen) atoms. The second-order valence-electron chi connectivity index (χ2n) is 6.82. The summed E-state index contributed by atoms with van der Waals surface area (Å²) in [6.07, 6.45) is 1.74. The molecule has 2 fully saturated rings. The van der Waals surface area contributed by atoms with Crippen LogP contribution in [0.15, 0.2) is 50.8 Å². The maximum absolute atomic E-state index is 12.7. The molecule has 0 bridgehead atoms. The molecule has 0 atom stereocenters. The number of hydrogen-bond acceptors (Lipinski definition) is 6. The highest BCUT2D eigenvalue weighted by Gasteiger charge is 2.30. The van der Waals surface area contributed by atoms with E-state index in [9.17, 15) is 9.90 Å². The Morgan fingerprint density at radius 1 is 1.23 bits per heavy atom. The molecule has 0 aromatic heterocycles. The van der Waals surface area contributed by atoms with Crippen molar-refractivity contribution >= 4 is 67.8 Å². The molecule has 2 heterocycles. The van der Waals surface area contributed by atoms with Crippen LogP contribution in [0.3, 0.4) is 0 Å². The number of likely N-dealkylation sites (N-methyl/N-ethyl adjacent to an activating group) is 1. The fourth-order valence-corrected chi connectivity index (χ4v) is 4.95. The Kier molecular flexibility index (Phi) is 6.38. The maximum Gasteiger partial charge on any atom is 0.266 e. The predicted molar refractivity (Wildman–Crippen MR) is 126 cm³/mol. The molecule has 2 aliphatic rings. The zero-order valence-corrected chi connectivity index (χ0v) is 19.3. The Labute approximate surface area is 192 Å². The highest BCUT2D eigenvalue weighted by Crippen LogP contribution is 2.37. The van der Waals surface area contributed by atoms with E-state index in [0.717, 1.165) is 37.7 Å². The number of benzene rings is 2. The number of carbonyl (C=O) groups excluding carboxylic acids is 1. The average Bonchev–Trinajstić information content (AvgIpc) is 3.01. The number of rotatable bonds is 3. The van der Waals surface area contributed by atoms with Gasteiger partial charge in [0.2, 0.25) is 0 Å². The molecule has 2 aromatic rings. The van der Waals surface area contributed by atoms with Gasteiger partial charge in [-0.1, -0.05) is 11.6 Å². The number of amidine groups is 1. The molecular weight excluding hydrogens is 490 g/mol. The van der Waals surface area contributed by atoms with Crippen molar-refractivity contribution in [2.75, 3.05) is 38.3 Å². The number of thioether (sulfide) groups is 1. The van der Waals surface area contributed by atoms with E-state index in [1.54, 1.807) is 25.3 Å². The van der Waals surface area contributed by atoms with Crippen LogP contribution in [0.5, 0.6) is 5.75 Å². The van der Waals surface area contributed by atoms with E-state index in [1.165, 1.54) is 16.7 Å². The van der Waals surface area contributed by atoms with E-state index in [2.05, 4.69) is 25.8 Å². The van der Waals surface area contributed by atoms with E-state index >= 15 is 0 Å². The Bertz CT molecular complexity index is 1010. The van der Waals surface area contributed by atoms with Gasteiger partial charge in [-0.3, -0.25) is 9.69 Å². The van der Waals surface area contributed by atoms with E-state index < -0.39 is 0 Å². The van der Waals surface area contributed by atoms with Crippen molar-refractivity contribution in [2.24, 2.45) is 4.99 Å². The summed E-state index contributed by atoms with van der Waals surface area (Å²) in [7, 11) is 1.71. The molecule has 4 rings (SSSR count). The minimum atomic E-state index is -0.135. The number of morpholine rings is 1. The molecule has 9 heteroatoms. The fourth-order valence-electron chi connectivity index (χ4n) is 3.14. The van der Waals surface area contributed by atoms with Crippen LogP contribution in [0, 0.1) is 0 Å². The number of phenols is 1. The van der Waals surface area contributed by atoms with Crippen LogP contribution in [0.1, 0.15) is 5.56 Å². The van der Waals surface area contributed by atoms with Gasteiger partial charge in [0.05, 0.1) is 33.3 Å². The molecule has 0 aliphatic carbocycles. The first-order valence-electron chi connectivity index (χ1n) is 9.29. The summed E-state index contributed by atoms with van der Waals surface area (Å²) in [5.41, 5.74) is 2.64. The van der Waals surface area contributed by atoms with Gasteiger partial charge < -0.3 is 14.7 Å². The number of halogens is 2. The summed E-state index contributed by atoms with van der Waals surface area (Å²) in [4.78, 5) is 21.6. The second kappa shape index (κ2) is 9.01. The smallest absolute Gasteiger partial charge is 0.266 e. The van der Waals surface area contributed by atoms with Crippen LogP contribution >= 0.6 is 39.3 Å². The van der Waals surface area contributed by atoms with Gasteiger partial charge >= 0.3 is 0 Å². The van der Waals surface area contributed by atoms with Crippen LogP contribution < -0.4 is 4.90 Å². The zero-order valence-electron chi connectivity index (χ0n) is 16.1. The van der Waals surface area contributed by atoms with Crippen molar-refractivity contribution in [3.05, 3.63) is 56.4 Å². The minimum Gasteiger partial charge on any atom is -0.505 e. The summed E-state index contributed by atoms with van der Waals surface area (Å²) in [6, 6.07) is 11.3. The van der Waals surface area contributed by atoms with Gasteiger partial charge in [-0.2, -0.15) is 0 Å². The van der Waals surface area contributed by atoms with E-state index in [4.69, 9.17) is 16.3 Å². The van der Waals surface area contributed by atoms with Gasteiger partial charge in [-0.15, -0.1) is 0 Å². The van der Waals surface area contributed by atoms with Crippen LogP contribution in [0.2, 0.25) is 5.02 Å². The third-order valence-electron chi connectivity index (χ3n) is 4.79. The van der Waals surface area contributed by atoms with E-state index in [1.807, 2.05) is 24.3 Å². The molecule has 6 nitrogen and oxygen atoms in total. The number of ether oxygens (including phenoxy) is 1. The van der Waals surface area contributed by atoms with Crippen molar-refractivity contribution in [2.45, 2.75) is 0 Å². The molecule has 156 valence electrons. The number of aliphatic imine (C=N–C) groups is 1. The number of aromatic hydroxyl groups is 1. The molecule has 2 aliphatic heterocycles. The molecule has 0 spiro atoms. The van der Waals surface area contributed by atoms with Crippen LogP contribution in [-0.2, 0) is 9.53 Å². The second-order valence-corrected chi connectivity index (χ2v) is 9.09. The van der Waals surface area contributed by atoms with Gasteiger partial charge in [0.1, 0.15) is 5.75 Å². The normalized spacial score (nSPS) is 19.9. The van der Waals surface area contributed by atoms with E-state index in [0.29, 0.717) is 20.1 Å². The molecule has 1 N–H and O–H groups in total. The average molecular weight is 509 g/mol. The third kappa shape index (κ3) is 4.51. The zero-order chi connectivity index (χ0) is 21.3. The Hall–Kier alpha value is -2.00. The van der Waals surface area contributed by atoms with Crippen molar-refractivity contribution in [1.82, 2.24) is 4.90 Å². The Morgan fingerprint density at radius 3 is 2.60 bits per heavy atom. The third-order valence-corrected chi connectivity index (χ3v) is 6.74. The van der Waals surface area contributed by atoms with Gasteiger partial charge in [0.25, 0.3) is 5.91 Å². The summed E-state index contributed by atoms with van der Waals surface area (Å²) in [6.45, 7) is 3.25. The molecule has 2 saturated heterocycles. The van der Waals surface area contributed by atoms with Crippen molar-refractivity contribution in [3.8, 4) is 5.75 Å². The highest BCUT2D eigenvalue weighted by atomic mass is 79.9. The molecular formula is C21H19BrClN3O3S. The number of nitrogens with zero attached hydrogens (tertiary/aromatic N) is 3. The number of phenolic OH excluding ortho intramolecular Hbond substituents is 1. The largest absolute Gasteiger partial charge is 0.505 e. The lowest BCUT2D eigenvalue weighted by Crippen LogP contribution is -2.36. The first kappa shape index (κ1) is 21.2. The van der Waals surface area contributed by atoms with Gasteiger partial charge in [0, 0.05) is 25.8 Å². The first-order chi connectivity index (χ1) is 14.4. The molecule has 0 unspecified atom stereocenters. The maximum atomic E-state index is 12.7. The lowest BCUT2D eigenvalue weighted by atomic mass is 10.2. The van der Waals surface area contributed by atoms with Gasteiger partial charge in [-0.05, 0) is 75.7 Å². The Morgan fingerprint density at radius 2 is 1.93 bits per heavy atom. The van der Waals surface area contributed by atoms with E-state index in [-0.39, 0.29) is 16.7 Å². The highest BCUT2D eigenvalue weighted by molar-refractivity contribution is 9.10. The topological polar surface area (TPSA) is 65.4 Å². The van der Waals surface area contributed by atoms with Crippen molar-refractivity contribution in [1.29, 1.82) is 0 Å². The SMILES string of the molecule is CN1C(=O)/C(=C/c2cc(Cl)c(O)c(Br)c2)SC1=Nc1ccc(N2CCOCC2)cc1. The molecule has 0 radical (unpaired) electrons. The minimum absolute atomic E-state index is 0.0240. The van der Waals surface area contributed by atoms with Gasteiger partial charge in [0.15, 0.2) is 5.17 Å². The Balaban J connectivity index is 1.54. The van der Waals surface area contributed by atoms with Crippen LogP contribution in [0.25, 0.3) is 6.08 Å². The molecule has 0 saturated carbocycles. The summed E-state index contributed by atoms with van der Waals surface area (Å²) < 4.78 is 5.87. The fraction of sp³-hybridized carbons (Fsp3) is 0.238. The van der Waals surface area contributed by atoms with Crippen LogP contribution in [-0.4, -0.2) is 54.4 Å². The standard InChI is InChI=1S/C21H19BrClN3O3S/c1-25-20(28)18(12-13-10-16(22)19(27)17(23)11-13)30-21(25)24-14-2-4-15(5-3-14)26-6-8-29-9-7-26/h2-5,10-12,27H,6-9H2,1H3/b18-12-,24-21?. The predicted octanol–water partition coefficient (Wildman–Crippen LogP) is 4.88.